The van der Waals surface area contributed by atoms with E-state index in [1.54, 1.807) is 13.2 Å². The molecule has 4 rings (SSSR count). The van der Waals surface area contributed by atoms with Crippen molar-refractivity contribution in [2.45, 2.75) is 13.5 Å². The van der Waals surface area contributed by atoms with E-state index in [0.29, 0.717) is 4.91 Å². The maximum Gasteiger partial charge on any atom is 0.293 e. The lowest BCUT2D eigenvalue weighted by atomic mass is 10.1. The first kappa shape index (κ1) is 19.1. The Bertz CT molecular complexity index is 1100. The number of benzene rings is 2. The molecule has 2 heterocycles. The Morgan fingerprint density at radius 3 is 2.55 bits per heavy atom. The summed E-state index contributed by atoms with van der Waals surface area (Å²) in [7, 11) is 1.63. The molecule has 29 heavy (non-hydrogen) atoms. The van der Waals surface area contributed by atoms with Gasteiger partial charge in [0.2, 0.25) is 0 Å². The van der Waals surface area contributed by atoms with E-state index >= 15 is 0 Å². The molecule has 0 saturated carbocycles. The van der Waals surface area contributed by atoms with Crippen molar-refractivity contribution < 1.29 is 14.3 Å². The Kier molecular flexibility index (Phi) is 5.27. The third-order valence-corrected chi connectivity index (χ3v) is 5.61. The standard InChI is InChI=1S/C23H20N2O3S/c1-16-5-3-6-17(13-16)15-25-22(26)21(29-23(25)27)14-19-7-4-12-24(19)18-8-10-20(28-2)11-9-18/h3-14H,15H2,1-2H3/b21-14-. The van der Waals surface area contributed by atoms with Gasteiger partial charge in [-0.1, -0.05) is 29.8 Å². The van der Waals surface area contributed by atoms with Gasteiger partial charge in [-0.15, -0.1) is 0 Å². The van der Waals surface area contributed by atoms with E-state index in [4.69, 9.17) is 4.74 Å². The van der Waals surface area contributed by atoms with Crippen LogP contribution in [0.25, 0.3) is 11.8 Å². The molecule has 2 amide bonds. The molecular weight excluding hydrogens is 384 g/mol. The van der Waals surface area contributed by atoms with E-state index in [2.05, 4.69) is 0 Å². The zero-order valence-electron chi connectivity index (χ0n) is 16.2. The lowest BCUT2D eigenvalue weighted by Crippen LogP contribution is -2.27. The van der Waals surface area contributed by atoms with Gasteiger partial charge in [-0.05, 0) is 66.7 Å². The summed E-state index contributed by atoms with van der Waals surface area (Å²) >= 11 is 0.979. The maximum atomic E-state index is 12.9. The zero-order chi connectivity index (χ0) is 20.4. The van der Waals surface area contributed by atoms with E-state index in [9.17, 15) is 9.59 Å². The van der Waals surface area contributed by atoms with Crippen molar-refractivity contribution in [2.24, 2.45) is 0 Å². The second-order valence-electron chi connectivity index (χ2n) is 6.76. The molecular formula is C23H20N2O3S. The van der Waals surface area contributed by atoms with E-state index in [1.807, 2.05) is 78.4 Å². The quantitative estimate of drug-likeness (QED) is 0.560. The molecule has 1 saturated heterocycles. The number of hydrogen-bond donors (Lipinski definition) is 0. The predicted octanol–water partition coefficient (Wildman–Crippen LogP) is 5.03. The fraction of sp³-hybridized carbons (Fsp3) is 0.130. The summed E-state index contributed by atoms with van der Waals surface area (Å²) in [5.41, 5.74) is 3.81. The van der Waals surface area contributed by atoms with Crippen LogP contribution >= 0.6 is 11.8 Å². The molecule has 0 aliphatic carbocycles. The van der Waals surface area contributed by atoms with Gasteiger partial charge in [0, 0.05) is 17.6 Å². The average Bonchev–Trinajstić information content (AvgIpc) is 3.28. The van der Waals surface area contributed by atoms with E-state index in [-0.39, 0.29) is 17.7 Å². The van der Waals surface area contributed by atoms with Gasteiger partial charge in [-0.3, -0.25) is 14.5 Å². The Balaban J connectivity index is 1.58. The van der Waals surface area contributed by atoms with Crippen LogP contribution in [0.3, 0.4) is 0 Å². The molecule has 6 heteroatoms. The van der Waals surface area contributed by atoms with Crippen LogP contribution in [0, 0.1) is 6.92 Å². The highest BCUT2D eigenvalue weighted by Gasteiger charge is 2.35. The number of rotatable bonds is 5. The second kappa shape index (κ2) is 8.01. The highest BCUT2D eigenvalue weighted by atomic mass is 32.2. The number of aromatic nitrogens is 1. The summed E-state index contributed by atoms with van der Waals surface area (Å²) in [6.07, 6.45) is 3.69. The number of imide groups is 1. The van der Waals surface area contributed by atoms with Crippen LogP contribution in [0.5, 0.6) is 5.75 Å². The minimum Gasteiger partial charge on any atom is -0.497 e. The molecule has 0 bridgehead atoms. The molecule has 146 valence electrons. The van der Waals surface area contributed by atoms with Crippen molar-refractivity contribution in [2.75, 3.05) is 7.11 Å². The molecule has 1 aliphatic rings. The van der Waals surface area contributed by atoms with Crippen LogP contribution in [0.2, 0.25) is 0 Å². The molecule has 1 aliphatic heterocycles. The highest BCUT2D eigenvalue weighted by molar-refractivity contribution is 8.18. The smallest absolute Gasteiger partial charge is 0.293 e. The van der Waals surface area contributed by atoms with Crippen LogP contribution in [-0.4, -0.2) is 27.7 Å². The van der Waals surface area contributed by atoms with Crippen molar-refractivity contribution in [1.29, 1.82) is 0 Å². The number of aryl methyl sites for hydroxylation is 1. The Labute approximate surface area is 173 Å². The van der Waals surface area contributed by atoms with Crippen LogP contribution in [0.15, 0.2) is 71.8 Å². The molecule has 0 N–H and O–H groups in total. The van der Waals surface area contributed by atoms with E-state index in [0.717, 1.165) is 40.0 Å². The average molecular weight is 404 g/mol. The third kappa shape index (κ3) is 3.98. The van der Waals surface area contributed by atoms with E-state index < -0.39 is 0 Å². The summed E-state index contributed by atoms with van der Waals surface area (Å²) in [6, 6.07) is 19.3. The molecule has 2 aromatic carbocycles. The molecule has 1 aromatic heterocycles. The summed E-state index contributed by atoms with van der Waals surface area (Å²) in [6.45, 7) is 2.27. The fourth-order valence-electron chi connectivity index (χ4n) is 3.25. The fourth-order valence-corrected chi connectivity index (χ4v) is 4.08. The van der Waals surface area contributed by atoms with Gasteiger partial charge >= 0.3 is 0 Å². The van der Waals surface area contributed by atoms with E-state index in [1.165, 1.54) is 4.90 Å². The number of methoxy groups -OCH3 is 1. The number of hydrogen-bond acceptors (Lipinski definition) is 4. The van der Waals surface area contributed by atoms with Gasteiger partial charge in [-0.25, -0.2) is 0 Å². The first-order chi connectivity index (χ1) is 14.0. The number of carbonyl (C=O) groups is 2. The SMILES string of the molecule is COc1ccc(-n2cccc2/C=C2\SC(=O)N(Cc3cccc(C)c3)C2=O)cc1. The minimum absolute atomic E-state index is 0.245. The summed E-state index contributed by atoms with van der Waals surface area (Å²) < 4.78 is 7.17. The van der Waals surface area contributed by atoms with Gasteiger partial charge in [0.05, 0.1) is 18.6 Å². The molecule has 5 nitrogen and oxygen atoms in total. The minimum atomic E-state index is -0.260. The Hall–Kier alpha value is -3.25. The molecule has 3 aromatic rings. The molecule has 0 unspecified atom stereocenters. The first-order valence-electron chi connectivity index (χ1n) is 9.18. The Morgan fingerprint density at radius 2 is 1.83 bits per heavy atom. The van der Waals surface area contributed by atoms with Gasteiger partial charge < -0.3 is 9.30 Å². The number of carbonyl (C=O) groups excluding carboxylic acids is 2. The second-order valence-corrected chi connectivity index (χ2v) is 7.75. The van der Waals surface area contributed by atoms with Crippen molar-refractivity contribution in [3.8, 4) is 11.4 Å². The number of thioether (sulfide) groups is 1. The van der Waals surface area contributed by atoms with Crippen LogP contribution < -0.4 is 4.74 Å². The van der Waals surface area contributed by atoms with Crippen LogP contribution in [-0.2, 0) is 11.3 Å². The van der Waals surface area contributed by atoms with Gasteiger partial charge in [0.25, 0.3) is 11.1 Å². The van der Waals surface area contributed by atoms with Crippen LogP contribution in [0.1, 0.15) is 16.8 Å². The van der Waals surface area contributed by atoms with Crippen molar-refractivity contribution >= 4 is 29.0 Å². The molecule has 0 spiro atoms. The lowest BCUT2D eigenvalue weighted by Gasteiger charge is -2.12. The summed E-state index contributed by atoms with van der Waals surface area (Å²) in [5, 5.41) is -0.245. The monoisotopic (exact) mass is 404 g/mol. The predicted molar refractivity (Wildman–Crippen MR) is 115 cm³/mol. The van der Waals surface area contributed by atoms with Crippen LogP contribution in [0.4, 0.5) is 4.79 Å². The Morgan fingerprint density at radius 1 is 1.03 bits per heavy atom. The number of nitrogens with zero attached hydrogens (tertiary/aromatic N) is 2. The number of amides is 2. The summed E-state index contributed by atoms with van der Waals surface area (Å²) in [5.74, 6) is 0.517. The first-order valence-corrected chi connectivity index (χ1v) is 9.99. The summed E-state index contributed by atoms with van der Waals surface area (Å²) in [4.78, 5) is 27.0. The molecule has 1 fully saturated rings. The third-order valence-electron chi connectivity index (χ3n) is 4.71. The highest BCUT2D eigenvalue weighted by Crippen LogP contribution is 2.33. The zero-order valence-corrected chi connectivity index (χ0v) is 17.0. The maximum absolute atomic E-state index is 12.9. The van der Waals surface area contributed by atoms with Gasteiger partial charge in [-0.2, -0.15) is 0 Å². The van der Waals surface area contributed by atoms with Gasteiger partial charge in [0.15, 0.2) is 0 Å². The largest absolute Gasteiger partial charge is 0.497 e. The van der Waals surface area contributed by atoms with Crippen molar-refractivity contribution in [3.63, 3.8) is 0 Å². The number of ether oxygens (including phenoxy) is 1. The molecule has 0 atom stereocenters. The normalized spacial score (nSPS) is 15.4. The topological polar surface area (TPSA) is 51.5 Å². The van der Waals surface area contributed by atoms with Crippen molar-refractivity contribution in [1.82, 2.24) is 9.47 Å². The van der Waals surface area contributed by atoms with Gasteiger partial charge in [0.1, 0.15) is 5.75 Å². The lowest BCUT2D eigenvalue weighted by molar-refractivity contribution is -0.123. The molecule has 0 radical (unpaired) electrons. The van der Waals surface area contributed by atoms with Crippen molar-refractivity contribution in [3.05, 3.63) is 88.6 Å².